The SMILES string of the molecule is COC(=O)CC(N)c1ccc(-c2ccccc2)cc1. The molecule has 2 aromatic rings. The van der Waals surface area contributed by atoms with Gasteiger partial charge in [-0.15, -0.1) is 0 Å². The number of carbonyl (C=O) groups excluding carboxylic acids is 1. The zero-order chi connectivity index (χ0) is 13.7. The lowest BCUT2D eigenvalue weighted by Crippen LogP contribution is -2.16. The van der Waals surface area contributed by atoms with Crippen molar-refractivity contribution in [2.75, 3.05) is 7.11 Å². The summed E-state index contributed by atoms with van der Waals surface area (Å²) in [6, 6.07) is 17.7. The van der Waals surface area contributed by atoms with Crippen LogP contribution in [0.5, 0.6) is 0 Å². The highest BCUT2D eigenvalue weighted by atomic mass is 16.5. The molecule has 1 atom stereocenters. The fraction of sp³-hybridized carbons (Fsp3) is 0.188. The zero-order valence-corrected chi connectivity index (χ0v) is 10.9. The minimum atomic E-state index is -0.322. The number of nitrogens with two attached hydrogens (primary N) is 1. The summed E-state index contributed by atoms with van der Waals surface area (Å²) in [7, 11) is 1.37. The third-order valence-corrected chi connectivity index (χ3v) is 3.06. The molecule has 0 amide bonds. The van der Waals surface area contributed by atoms with Gasteiger partial charge >= 0.3 is 5.97 Å². The van der Waals surface area contributed by atoms with Crippen molar-refractivity contribution in [3.8, 4) is 11.1 Å². The van der Waals surface area contributed by atoms with Gasteiger partial charge in [-0.2, -0.15) is 0 Å². The molecule has 0 radical (unpaired) electrons. The topological polar surface area (TPSA) is 52.3 Å². The van der Waals surface area contributed by atoms with Gasteiger partial charge in [0.15, 0.2) is 0 Å². The molecule has 2 aromatic carbocycles. The van der Waals surface area contributed by atoms with Gasteiger partial charge in [-0.05, 0) is 16.7 Å². The smallest absolute Gasteiger partial charge is 0.307 e. The molecule has 3 nitrogen and oxygen atoms in total. The Morgan fingerprint density at radius 3 is 2.21 bits per heavy atom. The summed E-state index contributed by atoms with van der Waals surface area (Å²) >= 11 is 0. The summed E-state index contributed by atoms with van der Waals surface area (Å²) in [5.74, 6) is -0.292. The maximum atomic E-state index is 11.2. The van der Waals surface area contributed by atoms with Gasteiger partial charge in [0.1, 0.15) is 0 Å². The molecule has 0 saturated heterocycles. The first-order valence-electron chi connectivity index (χ1n) is 6.18. The van der Waals surface area contributed by atoms with E-state index >= 15 is 0 Å². The molecule has 0 aromatic heterocycles. The highest BCUT2D eigenvalue weighted by Gasteiger charge is 2.11. The average Bonchev–Trinajstić information content (AvgIpc) is 2.48. The predicted molar refractivity (Wildman–Crippen MR) is 75.4 cm³/mol. The lowest BCUT2D eigenvalue weighted by atomic mass is 10.00. The van der Waals surface area contributed by atoms with Crippen LogP contribution in [0, 0.1) is 0 Å². The molecule has 0 spiro atoms. The molecule has 2 N–H and O–H groups in total. The summed E-state index contributed by atoms with van der Waals surface area (Å²) < 4.78 is 4.62. The second-order valence-corrected chi connectivity index (χ2v) is 4.37. The summed E-state index contributed by atoms with van der Waals surface area (Å²) in [5.41, 5.74) is 9.19. The molecule has 1 unspecified atom stereocenters. The first kappa shape index (κ1) is 13.3. The molecular formula is C16H17NO2. The minimum Gasteiger partial charge on any atom is -0.469 e. The van der Waals surface area contributed by atoms with Crippen molar-refractivity contribution in [1.29, 1.82) is 0 Å². The fourth-order valence-electron chi connectivity index (χ4n) is 1.93. The van der Waals surface area contributed by atoms with E-state index in [0.717, 1.165) is 16.7 Å². The van der Waals surface area contributed by atoms with Crippen LogP contribution in [-0.4, -0.2) is 13.1 Å². The number of methoxy groups -OCH3 is 1. The second kappa shape index (κ2) is 6.16. The molecule has 98 valence electrons. The van der Waals surface area contributed by atoms with Crippen LogP contribution in [-0.2, 0) is 9.53 Å². The van der Waals surface area contributed by atoms with Crippen molar-refractivity contribution in [3.63, 3.8) is 0 Å². The molecule has 19 heavy (non-hydrogen) atoms. The molecule has 3 heteroatoms. The molecule has 0 fully saturated rings. The molecular weight excluding hydrogens is 238 g/mol. The Morgan fingerprint density at radius 1 is 1.05 bits per heavy atom. The van der Waals surface area contributed by atoms with E-state index in [4.69, 9.17) is 5.73 Å². The van der Waals surface area contributed by atoms with E-state index in [0.29, 0.717) is 0 Å². The van der Waals surface area contributed by atoms with Crippen LogP contribution >= 0.6 is 0 Å². The van der Waals surface area contributed by atoms with Crippen LogP contribution in [0.2, 0.25) is 0 Å². The van der Waals surface area contributed by atoms with Gasteiger partial charge in [0, 0.05) is 6.04 Å². The predicted octanol–water partition coefficient (Wildman–Crippen LogP) is 2.92. The van der Waals surface area contributed by atoms with Gasteiger partial charge in [0.05, 0.1) is 13.5 Å². The number of ether oxygens (including phenoxy) is 1. The normalized spacial score (nSPS) is 11.9. The maximum absolute atomic E-state index is 11.2. The van der Waals surface area contributed by atoms with Crippen molar-refractivity contribution in [2.45, 2.75) is 12.5 Å². The van der Waals surface area contributed by atoms with E-state index in [9.17, 15) is 4.79 Å². The van der Waals surface area contributed by atoms with E-state index in [-0.39, 0.29) is 18.4 Å². The van der Waals surface area contributed by atoms with Crippen molar-refractivity contribution in [3.05, 3.63) is 60.2 Å². The van der Waals surface area contributed by atoms with Crippen molar-refractivity contribution >= 4 is 5.97 Å². The summed E-state index contributed by atoms with van der Waals surface area (Å²) in [4.78, 5) is 11.2. The highest BCUT2D eigenvalue weighted by molar-refractivity contribution is 5.70. The Kier molecular flexibility index (Phi) is 4.31. The minimum absolute atomic E-state index is 0.196. The number of rotatable bonds is 4. The van der Waals surface area contributed by atoms with E-state index in [1.807, 2.05) is 42.5 Å². The molecule has 0 aliphatic rings. The van der Waals surface area contributed by atoms with Crippen molar-refractivity contribution in [2.24, 2.45) is 5.73 Å². The molecule has 0 heterocycles. The van der Waals surface area contributed by atoms with Crippen LogP contribution in [0.15, 0.2) is 54.6 Å². The molecule has 0 aliphatic carbocycles. The van der Waals surface area contributed by atoms with Crippen LogP contribution in [0.1, 0.15) is 18.0 Å². The highest BCUT2D eigenvalue weighted by Crippen LogP contribution is 2.22. The standard InChI is InChI=1S/C16H17NO2/c1-19-16(18)11-15(17)14-9-7-13(8-10-14)12-5-3-2-4-6-12/h2-10,15H,11,17H2,1H3. The summed E-state index contributed by atoms with van der Waals surface area (Å²) in [6.45, 7) is 0. The summed E-state index contributed by atoms with van der Waals surface area (Å²) in [5, 5.41) is 0. The monoisotopic (exact) mass is 255 g/mol. The molecule has 0 bridgehead atoms. The maximum Gasteiger partial charge on any atom is 0.307 e. The third-order valence-electron chi connectivity index (χ3n) is 3.06. The first-order valence-corrected chi connectivity index (χ1v) is 6.18. The average molecular weight is 255 g/mol. The van der Waals surface area contributed by atoms with Gasteiger partial charge in [-0.1, -0.05) is 54.6 Å². The van der Waals surface area contributed by atoms with E-state index in [1.54, 1.807) is 0 Å². The Bertz CT molecular complexity index is 534. The third kappa shape index (κ3) is 3.42. The van der Waals surface area contributed by atoms with Crippen molar-refractivity contribution < 1.29 is 9.53 Å². The Labute approximate surface area is 113 Å². The van der Waals surface area contributed by atoms with Gasteiger partial charge in [0.2, 0.25) is 0 Å². The number of carbonyl (C=O) groups is 1. The Hall–Kier alpha value is -2.13. The van der Waals surface area contributed by atoms with Gasteiger partial charge in [0.25, 0.3) is 0 Å². The van der Waals surface area contributed by atoms with Gasteiger partial charge < -0.3 is 10.5 Å². The molecule has 0 saturated carbocycles. The quantitative estimate of drug-likeness (QED) is 0.855. The van der Waals surface area contributed by atoms with Gasteiger partial charge in [-0.25, -0.2) is 0 Å². The van der Waals surface area contributed by atoms with Gasteiger partial charge in [-0.3, -0.25) is 4.79 Å². The largest absolute Gasteiger partial charge is 0.469 e. The summed E-state index contributed by atoms with van der Waals surface area (Å²) in [6.07, 6.45) is 0.196. The Balaban J connectivity index is 2.12. The van der Waals surface area contributed by atoms with Crippen LogP contribution < -0.4 is 5.73 Å². The molecule has 0 aliphatic heterocycles. The first-order chi connectivity index (χ1) is 9.20. The molecule has 2 rings (SSSR count). The lowest BCUT2D eigenvalue weighted by Gasteiger charge is -2.11. The van der Waals surface area contributed by atoms with Crippen LogP contribution in [0.3, 0.4) is 0 Å². The Morgan fingerprint density at radius 2 is 1.63 bits per heavy atom. The van der Waals surface area contributed by atoms with E-state index in [1.165, 1.54) is 7.11 Å². The fourth-order valence-corrected chi connectivity index (χ4v) is 1.93. The van der Waals surface area contributed by atoms with E-state index in [2.05, 4.69) is 16.9 Å². The lowest BCUT2D eigenvalue weighted by molar-refractivity contribution is -0.141. The van der Waals surface area contributed by atoms with E-state index < -0.39 is 0 Å². The number of esters is 1. The number of hydrogen-bond acceptors (Lipinski definition) is 3. The van der Waals surface area contributed by atoms with Crippen LogP contribution in [0.25, 0.3) is 11.1 Å². The van der Waals surface area contributed by atoms with Crippen molar-refractivity contribution in [1.82, 2.24) is 0 Å². The number of hydrogen-bond donors (Lipinski definition) is 1. The number of benzene rings is 2. The second-order valence-electron chi connectivity index (χ2n) is 4.37. The zero-order valence-electron chi connectivity index (χ0n) is 10.9. The van der Waals surface area contributed by atoms with Crippen LogP contribution in [0.4, 0.5) is 0 Å².